The van der Waals surface area contributed by atoms with Crippen molar-refractivity contribution in [1.82, 2.24) is 9.88 Å². The number of aryl methyl sites for hydroxylation is 2. The van der Waals surface area contributed by atoms with Gasteiger partial charge in [-0.25, -0.2) is 0 Å². The van der Waals surface area contributed by atoms with E-state index in [0.717, 1.165) is 13.0 Å². The molecule has 5 rings (SSSR count). The maximum atomic E-state index is 4.09. The number of likely N-dealkylation sites (tertiary alicyclic amines) is 1. The summed E-state index contributed by atoms with van der Waals surface area (Å²) in [5.74, 6) is 0. The van der Waals surface area contributed by atoms with Crippen molar-refractivity contribution >= 4 is 17.0 Å². The standard InChI is InChI=1S/C29H36N2/c1-4-21-13-14-25(24-11-7-6-10-23(21)24)28-12-8-9-17-31(28)19-27-22(5-2)18-20(3)29-26(27)15-16-30-29/h4,13-16,18,28,30H,1,5-12,17,19H2,2-3H3. The van der Waals surface area contributed by atoms with Crippen LogP contribution >= 0.6 is 0 Å². The van der Waals surface area contributed by atoms with Gasteiger partial charge in [-0.3, -0.25) is 4.90 Å². The first-order valence-electron chi connectivity index (χ1n) is 12.3. The zero-order valence-corrected chi connectivity index (χ0v) is 19.3. The first-order valence-corrected chi connectivity index (χ1v) is 12.3. The van der Waals surface area contributed by atoms with Gasteiger partial charge < -0.3 is 4.98 Å². The number of piperidine rings is 1. The second-order valence-corrected chi connectivity index (χ2v) is 9.55. The summed E-state index contributed by atoms with van der Waals surface area (Å²) in [6.45, 7) is 10.9. The molecule has 0 spiro atoms. The highest BCUT2D eigenvalue weighted by atomic mass is 15.2. The van der Waals surface area contributed by atoms with Gasteiger partial charge >= 0.3 is 0 Å². The Morgan fingerprint density at radius 3 is 2.74 bits per heavy atom. The van der Waals surface area contributed by atoms with Crippen molar-refractivity contribution in [1.29, 1.82) is 0 Å². The van der Waals surface area contributed by atoms with E-state index in [1.807, 2.05) is 0 Å². The topological polar surface area (TPSA) is 19.0 Å². The molecular weight excluding hydrogens is 376 g/mol. The van der Waals surface area contributed by atoms with Crippen LogP contribution in [-0.2, 0) is 25.8 Å². The fourth-order valence-corrected chi connectivity index (χ4v) is 6.21. The van der Waals surface area contributed by atoms with Gasteiger partial charge in [0.25, 0.3) is 0 Å². The molecule has 0 bridgehead atoms. The number of rotatable bonds is 5. The first-order chi connectivity index (χ1) is 15.2. The zero-order chi connectivity index (χ0) is 21.4. The third-order valence-electron chi connectivity index (χ3n) is 7.79. The Bertz CT molecular complexity index is 1100. The molecule has 1 saturated heterocycles. The molecule has 1 atom stereocenters. The summed E-state index contributed by atoms with van der Waals surface area (Å²) in [6.07, 6.45) is 14.3. The van der Waals surface area contributed by atoms with Gasteiger partial charge in [-0.15, -0.1) is 0 Å². The fourth-order valence-electron chi connectivity index (χ4n) is 6.21. The minimum atomic E-state index is 0.541. The number of nitrogens with zero attached hydrogens (tertiary/aromatic N) is 1. The molecule has 1 aliphatic carbocycles. The molecule has 0 saturated carbocycles. The second-order valence-electron chi connectivity index (χ2n) is 9.55. The van der Waals surface area contributed by atoms with Crippen LogP contribution in [0, 0.1) is 6.92 Å². The molecule has 3 aromatic rings. The lowest BCUT2D eigenvalue weighted by molar-refractivity contribution is 0.140. The Kier molecular flexibility index (Phi) is 5.75. The molecule has 2 nitrogen and oxygen atoms in total. The molecule has 2 heterocycles. The van der Waals surface area contributed by atoms with Crippen molar-refractivity contribution in [3.8, 4) is 0 Å². The van der Waals surface area contributed by atoms with Gasteiger partial charge in [0, 0.05) is 29.7 Å². The molecule has 0 amide bonds. The van der Waals surface area contributed by atoms with Gasteiger partial charge in [0.15, 0.2) is 0 Å². The first kappa shape index (κ1) is 20.6. The predicted octanol–water partition coefficient (Wildman–Crippen LogP) is 7.29. The van der Waals surface area contributed by atoms with Crippen LogP contribution in [0.4, 0.5) is 0 Å². The predicted molar refractivity (Wildman–Crippen MR) is 133 cm³/mol. The number of H-pyrrole nitrogens is 1. The molecule has 1 fully saturated rings. The number of hydrogen-bond donors (Lipinski definition) is 1. The summed E-state index contributed by atoms with van der Waals surface area (Å²) in [7, 11) is 0. The second kappa shape index (κ2) is 8.67. The summed E-state index contributed by atoms with van der Waals surface area (Å²) in [4.78, 5) is 6.27. The van der Waals surface area contributed by atoms with E-state index in [-0.39, 0.29) is 0 Å². The molecule has 1 aromatic heterocycles. The summed E-state index contributed by atoms with van der Waals surface area (Å²) in [6, 6.07) is 10.0. The smallest absolute Gasteiger partial charge is 0.0487 e. The van der Waals surface area contributed by atoms with Crippen molar-refractivity contribution in [3.63, 3.8) is 0 Å². The molecule has 1 unspecified atom stereocenters. The van der Waals surface area contributed by atoms with Gasteiger partial charge in [0.1, 0.15) is 0 Å². The van der Waals surface area contributed by atoms with E-state index >= 15 is 0 Å². The van der Waals surface area contributed by atoms with Crippen LogP contribution in [0.1, 0.15) is 84.0 Å². The zero-order valence-electron chi connectivity index (χ0n) is 19.3. The highest BCUT2D eigenvalue weighted by molar-refractivity contribution is 5.87. The van der Waals surface area contributed by atoms with Crippen LogP contribution in [0.3, 0.4) is 0 Å². The van der Waals surface area contributed by atoms with E-state index in [9.17, 15) is 0 Å². The van der Waals surface area contributed by atoms with Crippen LogP contribution in [0.15, 0.2) is 37.0 Å². The quantitative estimate of drug-likeness (QED) is 0.466. The Morgan fingerprint density at radius 2 is 1.94 bits per heavy atom. The lowest BCUT2D eigenvalue weighted by atomic mass is 9.81. The average molecular weight is 413 g/mol. The van der Waals surface area contributed by atoms with Crippen LogP contribution in [0.5, 0.6) is 0 Å². The Labute approximate surface area is 187 Å². The van der Waals surface area contributed by atoms with Gasteiger partial charge in [-0.2, -0.15) is 0 Å². The Morgan fingerprint density at radius 1 is 1.10 bits per heavy atom. The number of aromatic nitrogens is 1. The lowest BCUT2D eigenvalue weighted by Gasteiger charge is -2.39. The summed E-state index contributed by atoms with van der Waals surface area (Å²) < 4.78 is 0. The van der Waals surface area contributed by atoms with E-state index in [1.54, 1.807) is 16.7 Å². The van der Waals surface area contributed by atoms with E-state index in [4.69, 9.17) is 0 Å². The molecule has 2 heteroatoms. The number of benzene rings is 2. The molecular formula is C29H36N2. The Balaban J connectivity index is 1.55. The van der Waals surface area contributed by atoms with E-state index in [0.29, 0.717) is 6.04 Å². The van der Waals surface area contributed by atoms with Gasteiger partial charge in [0.2, 0.25) is 0 Å². The minimum absolute atomic E-state index is 0.541. The molecule has 0 radical (unpaired) electrons. The fraction of sp³-hybridized carbons (Fsp3) is 0.448. The van der Waals surface area contributed by atoms with Gasteiger partial charge in [-0.1, -0.05) is 44.2 Å². The molecule has 1 N–H and O–H groups in total. The van der Waals surface area contributed by atoms with Crippen molar-refractivity contribution in [2.75, 3.05) is 6.54 Å². The summed E-state index contributed by atoms with van der Waals surface area (Å²) >= 11 is 0. The third kappa shape index (κ3) is 3.65. The van der Waals surface area contributed by atoms with Gasteiger partial charge in [0.05, 0.1) is 0 Å². The molecule has 2 aromatic carbocycles. The molecule has 2 aliphatic rings. The molecule has 162 valence electrons. The average Bonchev–Trinajstić information content (AvgIpc) is 3.31. The largest absolute Gasteiger partial charge is 0.361 e. The number of hydrogen-bond acceptors (Lipinski definition) is 1. The number of nitrogens with one attached hydrogen (secondary N) is 1. The van der Waals surface area contributed by atoms with E-state index < -0.39 is 0 Å². The van der Waals surface area contributed by atoms with Crippen LogP contribution in [-0.4, -0.2) is 16.4 Å². The van der Waals surface area contributed by atoms with E-state index in [2.05, 4.69) is 66.8 Å². The van der Waals surface area contributed by atoms with Crippen molar-refractivity contribution < 1.29 is 0 Å². The lowest BCUT2D eigenvalue weighted by Crippen LogP contribution is -2.34. The molecule has 1 aliphatic heterocycles. The summed E-state index contributed by atoms with van der Waals surface area (Å²) in [5.41, 5.74) is 11.9. The SMILES string of the molecule is C=Cc1ccc(C2CCCCN2Cc2c(CC)cc(C)c3[nH]ccc23)c2c1CCCC2. The van der Waals surface area contributed by atoms with Crippen LogP contribution < -0.4 is 0 Å². The summed E-state index contributed by atoms with van der Waals surface area (Å²) in [5, 5.41) is 1.42. The number of aromatic amines is 1. The molecule has 31 heavy (non-hydrogen) atoms. The third-order valence-corrected chi connectivity index (χ3v) is 7.79. The highest BCUT2D eigenvalue weighted by Crippen LogP contribution is 2.39. The highest BCUT2D eigenvalue weighted by Gasteiger charge is 2.29. The maximum Gasteiger partial charge on any atom is 0.0487 e. The van der Waals surface area contributed by atoms with Crippen LogP contribution in [0.25, 0.3) is 17.0 Å². The monoisotopic (exact) mass is 412 g/mol. The van der Waals surface area contributed by atoms with E-state index in [1.165, 1.54) is 84.6 Å². The maximum absolute atomic E-state index is 4.09. The van der Waals surface area contributed by atoms with Crippen molar-refractivity contribution in [2.24, 2.45) is 0 Å². The van der Waals surface area contributed by atoms with Crippen LogP contribution in [0.2, 0.25) is 0 Å². The minimum Gasteiger partial charge on any atom is -0.361 e. The van der Waals surface area contributed by atoms with Crippen molar-refractivity contribution in [2.45, 2.75) is 77.8 Å². The number of fused-ring (bicyclic) bond motifs is 2. The van der Waals surface area contributed by atoms with Gasteiger partial charge in [-0.05, 0) is 103 Å². The van der Waals surface area contributed by atoms with Crippen molar-refractivity contribution in [3.05, 3.63) is 76.0 Å². The normalized spacial score (nSPS) is 19.5. The Hall–Kier alpha value is -2.32.